The lowest BCUT2D eigenvalue weighted by Gasteiger charge is -2.39. The van der Waals surface area contributed by atoms with Gasteiger partial charge in [0.25, 0.3) is 0 Å². The summed E-state index contributed by atoms with van der Waals surface area (Å²) < 4.78 is 16.8. The zero-order valence-corrected chi connectivity index (χ0v) is 17.2. The molecule has 0 aliphatic carbocycles. The van der Waals surface area contributed by atoms with Crippen LogP contribution in [0.4, 0.5) is 10.6 Å². The van der Waals surface area contributed by atoms with Gasteiger partial charge in [-0.15, -0.1) is 0 Å². The van der Waals surface area contributed by atoms with Crippen LogP contribution in [0, 0.1) is 0 Å². The Kier molecular flexibility index (Phi) is 6.39. The van der Waals surface area contributed by atoms with E-state index in [9.17, 15) is 18.9 Å². The van der Waals surface area contributed by atoms with E-state index in [1.165, 1.54) is 0 Å². The molecule has 156 valence electrons. The minimum atomic E-state index is -0.861. The first-order valence-electron chi connectivity index (χ1n) is 9.61. The van der Waals surface area contributed by atoms with Gasteiger partial charge in [-0.1, -0.05) is 19.0 Å². The standard InChI is InChI=1S/C18H28N4O5S/c1-18(2,12-23)14-11-15(20-27-14)19-16(24)13-5-3-4-6-22(13)17(25)21-7-9-28(26)10-8-21/h11,13,23H,3-10,12H2,1-2H3,(H,19,20,24). The Morgan fingerprint density at radius 3 is 2.71 bits per heavy atom. The number of aromatic nitrogens is 1. The van der Waals surface area contributed by atoms with Crippen molar-refractivity contribution < 1.29 is 23.4 Å². The molecule has 2 aliphatic heterocycles. The van der Waals surface area contributed by atoms with Crippen LogP contribution in [0.3, 0.4) is 0 Å². The van der Waals surface area contributed by atoms with Crippen LogP contribution in [-0.4, -0.2) is 80.0 Å². The monoisotopic (exact) mass is 412 g/mol. The molecule has 3 rings (SSSR count). The van der Waals surface area contributed by atoms with Gasteiger partial charge in [0.2, 0.25) is 5.91 Å². The molecule has 0 aromatic carbocycles. The molecule has 0 radical (unpaired) electrons. The van der Waals surface area contributed by atoms with Crippen LogP contribution in [0.5, 0.6) is 0 Å². The molecular formula is C18H28N4O5S. The molecule has 2 fully saturated rings. The molecular weight excluding hydrogens is 384 g/mol. The third-order valence-electron chi connectivity index (χ3n) is 5.32. The topological polar surface area (TPSA) is 116 Å². The lowest BCUT2D eigenvalue weighted by molar-refractivity contribution is -0.121. The number of nitrogens with zero attached hydrogens (tertiary/aromatic N) is 3. The fourth-order valence-electron chi connectivity index (χ4n) is 3.38. The van der Waals surface area contributed by atoms with Crippen LogP contribution in [0.25, 0.3) is 0 Å². The number of amides is 3. The van der Waals surface area contributed by atoms with E-state index >= 15 is 0 Å². The van der Waals surface area contributed by atoms with E-state index < -0.39 is 22.3 Å². The predicted octanol–water partition coefficient (Wildman–Crippen LogP) is 0.922. The maximum atomic E-state index is 12.9. The Morgan fingerprint density at radius 2 is 2.04 bits per heavy atom. The normalized spacial score (nSPS) is 21.6. The van der Waals surface area contributed by atoms with E-state index in [-0.39, 0.29) is 24.4 Å². The molecule has 3 heterocycles. The Hall–Kier alpha value is -1.94. The van der Waals surface area contributed by atoms with Gasteiger partial charge >= 0.3 is 6.03 Å². The summed E-state index contributed by atoms with van der Waals surface area (Å²) in [5, 5.41) is 16.0. The molecule has 1 unspecified atom stereocenters. The van der Waals surface area contributed by atoms with Crippen molar-refractivity contribution in [3.05, 3.63) is 11.8 Å². The molecule has 0 spiro atoms. The van der Waals surface area contributed by atoms with Gasteiger partial charge in [0, 0.05) is 53.4 Å². The summed E-state index contributed by atoms with van der Waals surface area (Å²) in [7, 11) is -0.861. The lowest BCUT2D eigenvalue weighted by Crippen LogP contribution is -2.56. The highest BCUT2D eigenvalue weighted by Crippen LogP contribution is 2.26. The van der Waals surface area contributed by atoms with Crippen LogP contribution >= 0.6 is 0 Å². The van der Waals surface area contributed by atoms with E-state index in [1.807, 2.05) is 13.8 Å². The highest BCUT2D eigenvalue weighted by atomic mass is 32.2. The summed E-state index contributed by atoms with van der Waals surface area (Å²) in [6, 6.07) is 0.863. The number of aliphatic hydroxyl groups excluding tert-OH is 1. The Morgan fingerprint density at radius 1 is 1.32 bits per heavy atom. The van der Waals surface area contributed by atoms with Crippen LogP contribution in [0.1, 0.15) is 38.9 Å². The molecule has 9 nitrogen and oxygen atoms in total. The van der Waals surface area contributed by atoms with Gasteiger partial charge in [0.1, 0.15) is 11.8 Å². The maximum absolute atomic E-state index is 12.9. The number of anilines is 1. The Labute approximate surface area is 166 Å². The fourth-order valence-corrected chi connectivity index (χ4v) is 4.44. The average Bonchev–Trinajstić information content (AvgIpc) is 3.17. The molecule has 1 aromatic rings. The van der Waals surface area contributed by atoms with Crippen molar-refractivity contribution in [3.63, 3.8) is 0 Å². The molecule has 28 heavy (non-hydrogen) atoms. The predicted molar refractivity (Wildman–Crippen MR) is 104 cm³/mol. The largest absolute Gasteiger partial charge is 0.395 e. The Bertz CT molecular complexity index is 740. The molecule has 2 saturated heterocycles. The van der Waals surface area contributed by atoms with Gasteiger partial charge in [0.15, 0.2) is 5.82 Å². The average molecular weight is 413 g/mol. The quantitative estimate of drug-likeness (QED) is 0.760. The van der Waals surface area contributed by atoms with E-state index in [4.69, 9.17) is 4.52 Å². The minimum Gasteiger partial charge on any atom is -0.395 e. The van der Waals surface area contributed by atoms with Crippen molar-refractivity contribution in [2.24, 2.45) is 0 Å². The SMILES string of the molecule is CC(C)(CO)c1cc(NC(=O)C2CCCCN2C(=O)N2CCS(=O)CC2)no1. The van der Waals surface area contributed by atoms with Crippen molar-refractivity contribution in [1.29, 1.82) is 0 Å². The van der Waals surface area contributed by atoms with E-state index in [0.717, 1.165) is 12.8 Å². The molecule has 3 amide bonds. The van der Waals surface area contributed by atoms with Crippen molar-refractivity contribution in [3.8, 4) is 0 Å². The number of urea groups is 1. The number of piperidine rings is 1. The Balaban J connectivity index is 1.67. The van der Waals surface area contributed by atoms with Gasteiger partial charge in [-0.3, -0.25) is 9.00 Å². The second-order valence-corrected chi connectivity index (χ2v) is 9.63. The molecule has 1 atom stereocenters. The molecule has 1 aromatic heterocycles. The molecule has 2 aliphatic rings. The number of rotatable bonds is 4. The fraction of sp³-hybridized carbons (Fsp3) is 0.722. The number of carbonyl (C=O) groups is 2. The first kappa shape index (κ1) is 20.8. The van der Waals surface area contributed by atoms with Crippen molar-refractivity contribution in [1.82, 2.24) is 15.0 Å². The number of aliphatic hydroxyl groups is 1. The minimum absolute atomic E-state index is 0.110. The number of likely N-dealkylation sites (tertiary alicyclic amines) is 1. The van der Waals surface area contributed by atoms with E-state index in [0.29, 0.717) is 43.3 Å². The molecule has 2 N–H and O–H groups in total. The summed E-state index contributed by atoms with van der Waals surface area (Å²) in [5.74, 6) is 1.42. The maximum Gasteiger partial charge on any atom is 0.320 e. The highest BCUT2D eigenvalue weighted by molar-refractivity contribution is 7.85. The number of nitrogens with one attached hydrogen (secondary N) is 1. The molecule has 0 saturated carbocycles. The summed E-state index contributed by atoms with van der Waals surface area (Å²) in [4.78, 5) is 29.1. The number of hydrogen-bond donors (Lipinski definition) is 2. The smallest absolute Gasteiger partial charge is 0.320 e. The summed E-state index contributed by atoms with van der Waals surface area (Å²) >= 11 is 0. The second kappa shape index (κ2) is 8.60. The van der Waals surface area contributed by atoms with Gasteiger partial charge in [-0.2, -0.15) is 0 Å². The number of carbonyl (C=O) groups excluding carboxylic acids is 2. The summed E-state index contributed by atoms with van der Waals surface area (Å²) in [6.07, 6.45) is 2.31. The molecule has 0 bridgehead atoms. The van der Waals surface area contributed by atoms with Crippen LogP contribution in [0.2, 0.25) is 0 Å². The third kappa shape index (κ3) is 4.54. The van der Waals surface area contributed by atoms with Crippen molar-refractivity contribution >= 4 is 28.6 Å². The van der Waals surface area contributed by atoms with Crippen LogP contribution in [0.15, 0.2) is 10.6 Å². The lowest BCUT2D eigenvalue weighted by atomic mass is 9.92. The van der Waals surface area contributed by atoms with Gasteiger partial charge in [0.05, 0.1) is 6.61 Å². The third-order valence-corrected chi connectivity index (χ3v) is 6.60. The van der Waals surface area contributed by atoms with E-state index in [1.54, 1.807) is 15.9 Å². The van der Waals surface area contributed by atoms with Gasteiger partial charge in [-0.25, -0.2) is 4.79 Å². The number of hydrogen-bond acceptors (Lipinski definition) is 6. The molecule has 10 heteroatoms. The summed E-state index contributed by atoms with van der Waals surface area (Å²) in [6.45, 7) is 4.95. The zero-order chi connectivity index (χ0) is 20.3. The van der Waals surface area contributed by atoms with Gasteiger partial charge in [-0.05, 0) is 19.3 Å². The first-order valence-corrected chi connectivity index (χ1v) is 11.1. The zero-order valence-electron chi connectivity index (χ0n) is 16.3. The van der Waals surface area contributed by atoms with E-state index in [2.05, 4.69) is 10.5 Å². The van der Waals surface area contributed by atoms with Crippen molar-refractivity contribution in [2.75, 3.05) is 43.1 Å². The highest BCUT2D eigenvalue weighted by Gasteiger charge is 2.36. The summed E-state index contributed by atoms with van der Waals surface area (Å²) in [5.41, 5.74) is -0.600. The van der Waals surface area contributed by atoms with Crippen molar-refractivity contribution in [2.45, 2.75) is 44.6 Å². The second-order valence-electron chi connectivity index (χ2n) is 7.93. The van der Waals surface area contributed by atoms with Crippen LogP contribution in [-0.2, 0) is 21.0 Å². The van der Waals surface area contributed by atoms with Gasteiger partial charge < -0.3 is 24.7 Å². The van der Waals surface area contributed by atoms with Crippen LogP contribution < -0.4 is 5.32 Å². The first-order chi connectivity index (χ1) is 13.3.